The van der Waals surface area contributed by atoms with Crippen molar-refractivity contribution in [3.63, 3.8) is 0 Å². The Labute approximate surface area is 273 Å². The highest BCUT2D eigenvalue weighted by Gasteiger charge is 2.25. The standard InChI is InChI=1S/C43H35FN2O/c1-26(2)36-23-31(28-11-6-5-7-12-28)24-37(27(3)4)41(36)46-39-16-9-8-15-38(39)45-43(46)35-14-10-13-34-33-22-19-30(25-40(33)47-42(34)35)29-17-20-32(44)21-18-29/h5-27H,1-4H3. The number of furan rings is 1. The molecule has 8 aromatic rings. The lowest BCUT2D eigenvalue weighted by Crippen LogP contribution is -2.09. The van der Waals surface area contributed by atoms with E-state index in [1.807, 2.05) is 12.1 Å². The molecule has 0 saturated heterocycles. The van der Waals surface area contributed by atoms with Gasteiger partial charge in [-0.05, 0) is 99.8 Å². The fourth-order valence-corrected chi connectivity index (χ4v) is 6.85. The first-order chi connectivity index (χ1) is 22.9. The molecule has 0 saturated carbocycles. The topological polar surface area (TPSA) is 31.0 Å². The molecule has 230 valence electrons. The molecule has 0 N–H and O–H groups in total. The second kappa shape index (κ2) is 11.4. The van der Waals surface area contributed by atoms with Gasteiger partial charge in [-0.2, -0.15) is 0 Å². The summed E-state index contributed by atoms with van der Waals surface area (Å²) in [6.07, 6.45) is 0. The van der Waals surface area contributed by atoms with Gasteiger partial charge in [-0.1, -0.05) is 100 Å². The Bertz CT molecular complexity index is 2380. The lowest BCUT2D eigenvalue weighted by Gasteiger charge is -2.24. The van der Waals surface area contributed by atoms with Crippen LogP contribution in [-0.4, -0.2) is 9.55 Å². The Hall–Kier alpha value is -5.48. The quantitative estimate of drug-likeness (QED) is 0.187. The van der Waals surface area contributed by atoms with Gasteiger partial charge in [0.25, 0.3) is 0 Å². The van der Waals surface area contributed by atoms with Crippen LogP contribution in [0.3, 0.4) is 0 Å². The molecule has 4 heteroatoms. The van der Waals surface area contributed by atoms with Crippen molar-refractivity contribution in [2.75, 3.05) is 0 Å². The zero-order chi connectivity index (χ0) is 32.2. The van der Waals surface area contributed by atoms with Gasteiger partial charge in [0, 0.05) is 10.8 Å². The molecule has 0 atom stereocenters. The van der Waals surface area contributed by atoms with Crippen LogP contribution < -0.4 is 0 Å². The van der Waals surface area contributed by atoms with Crippen LogP contribution in [0.25, 0.3) is 72.3 Å². The van der Waals surface area contributed by atoms with E-state index in [9.17, 15) is 4.39 Å². The van der Waals surface area contributed by atoms with Gasteiger partial charge in [0.05, 0.1) is 22.3 Å². The van der Waals surface area contributed by atoms with E-state index in [0.29, 0.717) is 0 Å². The maximum absolute atomic E-state index is 13.6. The molecule has 0 aliphatic rings. The maximum Gasteiger partial charge on any atom is 0.149 e. The van der Waals surface area contributed by atoms with Crippen molar-refractivity contribution in [2.24, 2.45) is 0 Å². The van der Waals surface area contributed by atoms with Gasteiger partial charge in [-0.25, -0.2) is 9.37 Å². The molecule has 47 heavy (non-hydrogen) atoms. The first kappa shape index (κ1) is 29.0. The number of imidazole rings is 1. The number of nitrogens with zero attached hydrogens (tertiary/aromatic N) is 2. The molecule has 0 amide bonds. The van der Waals surface area contributed by atoms with Crippen LogP contribution in [0.4, 0.5) is 4.39 Å². The smallest absolute Gasteiger partial charge is 0.149 e. The first-order valence-electron chi connectivity index (χ1n) is 16.3. The SMILES string of the molecule is CC(C)c1cc(-c2ccccc2)cc(C(C)C)c1-n1c(-c2cccc3c2oc2cc(-c4ccc(F)cc4)ccc23)nc2ccccc21. The van der Waals surface area contributed by atoms with E-state index in [0.717, 1.165) is 55.5 Å². The highest BCUT2D eigenvalue weighted by Crippen LogP contribution is 2.43. The summed E-state index contributed by atoms with van der Waals surface area (Å²) in [7, 11) is 0. The predicted molar refractivity (Wildman–Crippen MR) is 193 cm³/mol. The van der Waals surface area contributed by atoms with Gasteiger partial charge >= 0.3 is 0 Å². The van der Waals surface area contributed by atoms with Crippen molar-refractivity contribution in [2.45, 2.75) is 39.5 Å². The summed E-state index contributed by atoms with van der Waals surface area (Å²) in [5.41, 5.74) is 12.6. The van der Waals surface area contributed by atoms with E-state index in [-0.39, 0.29) is 17.7 Å². The summed E-state index contributed by atoms with van der Waals surface area (Å²) >= 11 is 0. The molecule has 0 fully saturated rings. The number of benzene rings is 6. The van der Waals surface area contributed by atoms with Crippen LogP contribution in [-0.2, 0) is 0 Å². The van der Waals surface area contributed by atoms with Crippen LogP contribution >= 0.6 is 0 Å². The third kappa shape index (κ3) is 4.92. The van der Waals surface area contributed by atoms with Gasteiger partial charge in [0.15, 0.2) is 0 Å². The van der Waals surface area contributed by atoms with Gasteiger partial charge in [0.1, 0.15) is 22.8 Å². The van der Waals surface area contributed by atoms with E-state index in [4.69, 9.17) is 9.40 Å². The number of para-hydroxylation sites is 3. The molecule has 6 aromatic carbocycles. The maximum atomic E-state index is 13.6. The van der Waals surface area contributed by atoms with Crippen LogP contribution in [0.15, 0.2) is 132 Å². The molecular formula is C43H35FN2O. The molecule has 0 aliphatic heterocycles. The lowest BCUT2D eigenvalue weighted by molar-refractivity contribution is 0.628. The molecule has 0 unspecified atom stereocenters. The molecular weight excluding hydrogens is 579 g/mol. The van der Waals surface area contributed by atoms with E-state index in [2.05, 4.69) is 123 Å². The van der Waals surface area contributed by atoms with Crippen LogP contribution in [0.1, 0.15) is 50.7 Å². The van der Waals surface area contributed by atoms with E-state index in [1.165, 1.54) is 40.1 Å². The van der Waals surface area contributed by atoms with Crippen LogP contribution in [0.5, 0.6) is 0 Å². The van der Waals surface area contributed by atoms with E-state index < -0.39 is 0 Å². The minimum atomic E-state index is -0.248. The largest absolute Gasteiger partial charge is 0.455 e. The highest BCUT2D eigenvalue weighted by molar-refractivity contribution is 6.10. The second-order valence-corrected chi connectivity index (χ2v) is 12.9. The summed E-state index contributed by atoms with van der Waals surface area (Å²) < 4.78 is 22.7. The molecule has 0 radical (unpaired) electrons. The minimum Gasteiger partial charge on any atom is -0.455 e. The average Bonchev–Trinajstić information content (AvgIpc) is 3.66. The van der Waals surface area contributed by atoms with Crippen molar-refractivity contribution in [1.82, 2.24) is 9.55 Å². The average molecular weight is 615 g/mol. The third-order valence-electron chi connectivity index (χ3n) is 9.22. The number of fused-ring (bicyclic) bond motifs is 4. The molecule has 0 aliphatic carbocycles. The Kier molecular flexibility index (Phi) is 7.02. The summed E-state index contributed by atoms with van der Waals surface area (Å²) in [6.45, 7) is 9.09. The monoisotopic (exact) mass is 614 g/mol. The number of halogens is 1. The molecule has 3 nitrogen and oxygen atoms in total. The Morgan fingerprint density at radius 3 is 1.98 bits per heavy atom. The third-order valence-corrected chi connectivity index (χ3v) is 9.22. The fourth-order valence-electron chi connectivity index (χ4n) is 6.85. The van der Waals surface area contributed by atoms with Gasteiger partial charge in [0.2, 0.25) is 0 Å². The minimum absolute atomic E-state index is 0.248. The Morgan fingerprint density at radius 1 is 0.596 bits per heavy atom. The van der Waals surface area contributed by atoms with E-state index >= 15 is 0 Å². The fraction of sp³-hybridized carbons (Fsp3) is 0.140. The number of aromatic nitrogens is 2. The summed E-state index contributed by atoms with van der Waals surface area (Å²) in [5, 5.41) is 2.07. The Morgan fingerprint density at radius 2 is 1.26 bits per heavy atom. The summed E-state index contributed by atoms with van der Waals surface area (Å²) in [4.78, 5) is 5.30. The van der Waals surface area contributed by atoms with Crippen molar-refractivity contribution >= 4 is 33.0 Å². The van der Waals surface area contributed by atoms with E-state index in [1.54, 1.807) is 12.1 Å². The van der Waals surface area contributed by atoms with Crippen molar-refractivity contribution in [3.05, 3.63) is 144 Å². The van der Waals surface area contributed by atoms with Gasteiger partial charge < -0.3 is 4.42 Å². The van der Waals surface area contributed by atoms with Gasteiger partial charge in [-0.15, -0.1) is 0 Å². The van der Waals surface area contributed by atoms with Crippen molar-refractivity contribution in [1.29, 1.82) is 0 Å². The summed E-state index contributed by atoms with van der Waals surface area (Å²) in [6, 6.07) is 42.9. The molecule has 0 bridgehead atoms. The lowest BCUT2D eigenvalue weighted by atomic mass is 9.88. The van der Waals surface area contributed by atoms with Crippen LogP contribution in [0, 0.1) is 5.82 Å². The molecule has 2 heterocycles. The number of hydrogen-bond donors (Lipinski definition) is 0. The van der Waals surface area contributed by atoms with Crippen LogP contribution in [0.2, 0.25) is 0 Å². The highest BCUT2D eigenvalue weighted by atomic mass is 19.1. The molecule has 2 aromatic heterocycles. The Balaban J connectivity index is 1.40. The normalized spacial score (nSPS) is 11.9. The van der Waals surface area contributed by atoms with Crippen molar-refractivity contribution < 1.29 is 8.81 Å². The summed E-state index contributed by atoms with van der Waals surface area (Å²) in [5.74, 6) is 1.15. The van der Waals surface area contributed by atoms with Crippen molar-refractivity contribution in [3.8, 4) is 39.3 Å². The first-order valence-corrected chi connectivity index (χ1v) is 16.3. The predicted octanol–water partition coefficient (Wildman–Crippen LogP) is 12.3. The molecule has 8 rings (SSSR count). The molecule has 0 spiro atoms. The zero-order valence-electron chi connectivity index (χ0n) is 27.0. The number of hydrogen-bond acceptors (Lipinski definition) is 2. The zero-order valence-corrected chi connectivity index (χ0v) is 27.0. The van der Waals surface area contributed by atoms with Gasteiger partial charge in [-0.3, -0.25) is 4.57 Å². The second-order valence-electron chi connectivity index (χ2n) is 12.9. The number of rotatable bonds is 6.